The van der Waals surface area contributed by atoms with Crippen molar-refractivity contribution in [1.82, 2.24) is 5.32 Å². The van der Waals surface area contributed by atoms with E-state index >= 15 is 0 Å². The van der Waals surface area contributed by atoms with Crippen molar-refractivity contribution in [3.8, 4) is 5.75 Å². The van der Waals surface area contributed by atoms with Crippen molar-refractivity contribution in [2.45, 2.75) is 26.0 Å². The van der Waals surface area contributed by atoms with E-state index in [1.165, 1.54) is 0 Å². The summed E-state index contributed by atoms with van der Waals surface area (Å²) in [5, 5.41) is 2.91. The van der Waals surface area contributed by atoms with Crippen molar-refractivity contribution < 1.29 is 14.3 Å². The number of amides is 2. The zero-order chi connectivity index (χ0) is 17.1. The van der Waals surface area contributed by atoms with Crippen LogP contribution in [0.25, 0.3) is 0 Å². The molecule has 2 aromatic rings. The van der Waals surface area contributed by atoms with Gasteiger partial charge in [-0.3, -0.25) is 9.59 Å². The Hall–Kier alpha value is -2.82. The fourth-order valence-electron chi connectivity index (χ4n) is 2.71. The molecule has 0 saturated heterocycles. The van der Waals surface area contributed by atoms with E-state index in [9.17, 15) is 9.59 Å². The Morgan fingerprint density at radius 3 is 2.67 bits per heavy atom. The van der Waals surface area contributed by atoms with Crippen LogP contribution < -0.4 is 15.0 Å². The van der Waals surface area contributed by atoms with Crippen LogP contribution in [0.1, 0.15) is 18.1 Å². The Bertz CT molecular complexity index is 758. The van der Waals surface area contributed by atoms with Gasteiger partial charge in [-0.1, -0.05) is 36.4 Å². The number of hydrogen-bond acceptors (Lipinski definition) is 3. The predicted octanol–water partition coefficient (Wildman–Crippen LogP) is 2.29. The molecule has 1 N–H and O–H groups in total. The van der Waals surface area contributed by atoms with E-state index in [-0.39, 0.29) is 11.8 Å². The normalized spacial score (nSPS) is 16.3. The number of rotatable bonds is 4. The highest BCUT2D eigenvalue weighted by Gasteiger charge is 2.28. The van der Waals surface area contributed by atoms with Crippen molar-refractivity contribution in [1.29, 1.82) is 0 Å². The molecule has 1 aliphatic rings. The van der Waals surface area contributed by atoms with Crippen LogP contribution in [0.15, 0.2) is 48.5 Å². The monoisotopic (exact) mass is 324 g/mol. The lowest BCUT2D eigenvalue weighted by atomic mass is 10.1. The van der Waals surface area contributed by atoms with Gasteiger partial charge in [0.05, 0.1) is 12.1 Å². The van der Waals surface area contributed by atoms with E-state index in [0.717, 1.165) is 16.8 Å². The first-order valence-corrected chi connectivity index (χ1v) is 7.92. The van der Waals surface area contributed by atoms with Crippen LogP contribution in [0.4, 0.5) is 5.69 Å². The Morgan fingerprint density at radius 2 is 1.92 bits per heavy atom. The van der Waals surface area contributed by atoms with Gasteiger partial charge in [-0.15, -0.1) is 0 Å². The number of likely N-dealkylation sites (N-methyl/N-ethyl adjacent to an activating group) is 1. The van der Waals surface area contributed by atoms with Crippen LogP contribution in [0.2, 0.25) is 0 Å². The van der Waals surface area contributed by atoms with E-state index in [4.69, 9.17) is 4.74 Å². The van der Waals surface area contributed by atoms with Gasteiger partial charge in [-0.25, -0.2) is 0 Å². The number of fused-ring (bicyclic) bond motifs is 1. The molecular formula is C19H20N2O3. The molecule has 0 radical (unpaired) electrons. The van der Waals surface area contributed by atoms with Gasteiger partial charge in [0.25, 0.3) is 5.91 Å². The van der Waals surface area contributed by atoms with Crippen molar-refractivity contribution in [3.63, 3.8) is 0 Å². The summed E-state index contributed by atoms with van der Waals surface area (Å²) in [5.41, 5.74) is 2.63. The molecule has 0 aliphatic carbocycles. The summed E-state index contributed by atoms with van der Waals surface area (Å²) in [6.07, 6.45) is -0.121. The number of nitrogens with one attached hydrogen (secondary N) is 1. The summed E-state index contributed by atoms with van der Waals surface area (Å²) < 4.78 is 5.60. The molecular weight excluding hydrogens is 304 g/mol. The van der Waals surface area contributed by atoms with Crippen LogP contribution in [0.3, 0.4) is 0 Å². The predicted molar refractivity (Wildman–Crippen MR) is 91.9 cm³/mol. The highest BCUT2D eigenvalue weighted by atomic mass is 16.5. The fourth-order valence-corrected chi connectivity index (χ4v) is 2.71. The van der Waals surface area contributed by atoms with Gasteiger partial charge in [0.2, 0.25) is 5.91 Å². The minimum atomic E-state index is -0.473. The third kappa shape index (κ3) is 3.40. The average Bonchev–Trinajstić information content (AvgIpc) is 2.59. The SMILES string of the molecule is CC1Oc2ccc(CNC(=O)Cc3ccccc3)cc2N(C)C1=O. The molecule has 1 heterocycles. The molecule has 1 aliphatic heterocycles. The maximum absolute atomic E-state index is 12.0. The molecule has 24 heavy (non-hydrogen) atoms. The number of carbonyl (C=O) groups is 2. The standard InChI is InChI=1S/C19H20N2O3/c1-13-19(23)21(2)16-10-15(8-9-17(16)24-13)12-20-18(22)11-14-6-4-3-5-7-14/h3-10,13H,11-12H2,1-2H3,(H,20,22). The first-order valence-electron chi connectivity index (χ1n) is 7.92. The van der Waals surface area contributed by atoms with Crippen LogP contribution in [0, 0.1) is 0 Å². The molecule has 124 valence electrons. The molecule has 2 aromatic carbocycles. The van der Waals surface area contributed by atoms with E-state index < -0.39 is 6.10 Å². The van der Waals surface area contributed by atoms with Gasteiger partial charge < -0.3 is 15.0 Å². The number of hydrogen-bond donors (Lipinski definition) is 1. The van der Waals surface area contributed by atoms with Crippen LogP contribution >= 0.6 is 0 Å². The summed E-state index contributed by atoms with van der Waals surface area (Å²) in [7, 11) is 1.73. The third-order valence-corrected chi connectivity index (χ3v) is 4.06. The second kappa shape index (κ2) is 6.74. The van der Waals surface area contributed by atoms with Crippen molar-refractivity contribution in [2.24, 2.45) is 0 Å². The maximum Gasteiger partial charge on any atom is 0.267 e. The molecule has 1 atom stereocenters. The van der Waals surface area contributed by atoms with E-state index in [1.807, 2.05) is 48.5 Å². The largest absolute Gasteiger partial charge is 0.479 e. The fraction of sp³-hybridized carbons (Fsp3) is 0.263. The summed E-state index contributed by atoms with van der Waals surface area (Å²) in [6, 6.07) is 15.2. The second-order valence-corrected chi connectivity index (χ2v) is 5.90. The Kier molecular flexibility index (Phi) is 4.51. The number of nitrogens with zero attached hydrogens (tertiary/aromatic N) is 1. The topological polar surface area (TPSA) is 58.6 Å². The van der Waals surface area contributed by atoms with Crippen molar-refractivity contribution >= 4 is 17.5 Å². The van der Waals surface area contributed by atoms with Crippen LogP contribution in [0.5, 0.6) is 5.75 Å². The van der Waals surface area contributed by atoms with Gasteiger partial charge in [-0.2, -0.15) is 0 Å². The Balaban J connectivity index is 1.64. The molecule has 0 fully saturated rings. The molecule has 3 rings (SSSR count). The lowest BCUT2D eigenvalue weighted by molar-refractivity contribution is -0.125. The van der Waals surface area contributed by atoms with Gasteiger partial charge in [-0.05, 0) is 30.2 Å². The summed E-state index contributed by atoms with van der Waals surface area (Å²) >= 11 is 0. The number of anilines is 1. The highest BCUT2D eigenvalue weighted by Crippen LogP contribution is 2.33. The molecule has 5 heteroatoms. The van der Waals surface area contributed by atoms with E-state index in [0.29, 0.717) is 18.7 Å². The first-order chi connectivity index (χ1) is 11.5. The molecule has 5 nitrogen and oxygen atoms in total. The second-order valence-electron chi connectivity index (χ2n) is 5.90. The number of benzene rings is 2. The molecule has 0 bridgehead atoms. The van der Waals surface area contributed by atoms with Gasteiger partial charge in [0.15, 0.2) is 6.10 Å². The smallest absolute Gasteiger partial charge is 0.267 e. The summed E-state index contributed by atoms with van der Waals surface area (Å²) in [4.78, 5) is 25.6. The third-order valence-electron chi connectivity index (χ3n) is 4.06. The zero-order valence-corrected chi connectivity index (χ0v) is 13.8. The van der Waals surface area contributed by atoms with Crippen molar-refractivity contribution in [3.05, 3.63) is 59.7 Å². The van der Waals surface area contributed by atoms with E-state index in [2.05, 4.69) is 5.32 Å². The maximum atomic E-state index is 12.0. The molecule has 1 unspecified atom stereocenters. The molecule has 0 saturated carbocycles. The lowest BCUT2D eigenvalue weighted by Gasteiger charge is -2.30. The lowest BCUT2D eigenvalue weighted by Crippen LogP contribution is -2.42. The Morgan fingerprint density at radius 1 is 1.17 bits per heavy atom. The number of carbonyl (C=O) groups excluding carboxylic acids is 2. The molecule has 0 aromatic heterocycles. The van der Waals surface area contributed by atoms with Gasteiger partial charge in [0.1, 0.15) is 5.75 Å². The van der Waals surface area contributed by atoms with Gasteiger partial charge in [0, 0.05) is 13.6 Å². The number of ether oxygens (including phenoxy) is 1. The quantitative estimate of drug-likeness (QED) is 0.939. The molecule has 2 amide bonds. The summed E-state index contributed by atoms with van der Waals surface area (Å²) in [6.45, 7) is 2.15. The minimum Gasteiger partial charge on any atom is -0.479 e. The van der Waals surface area contributed by atoms with E-state index in [1.54, 1.807) is 18.9 Å². The van der Waals surface area contributed by atoms with Crippen molar-refractivity contribution in [2.75, 3.05) is 11.9 Å². The molecule has 0 spiro atoms. The van der Waals surface area contributed by atoms with Crippen LogP contribution in [-0.4, -0.2) is 25.0 Å². The highest BCUT2D eigenvalue weighted by molar-refractivity contribution is 5.99. The first kappa shape index (κ1) is 16.1. The van der Waals surface area contributed by atoms with Gasteiger partial charge >= 0.3 is 0 Å². The minimum absolute atomic E-state index is 0.0341. The average molecular weight is 324 g/mol. The zero-order valence-electron chi connectivity index (χ0n) is 13.8. The summed E-state index contributed by atoms with van der Waals surface area (Å²) in [5.74, 6) is 0.574. The Labute approximate surface area is 141 Å². The van der Waals surface area contributed by atoms with Crippen LogP contribution in [-0.2, 0) is 22.6 Å².